The number of aryl methyl sites for hydroxylation is 3. The van der Waals surface area contributed by atoms with Crippen molar-refractivity contribution in [1.82, 2.24) is 5.32 Å². The first-order valence-electron chi connectivity index (χ1n) is 9.24. The molecule has 2 aromatic carbocycles. The summed E-state index contributed by atoms with van der Waals surface area (Å²) in [5.41, 5.74) is 4.44. The number of amides is 2. The van der Waals surface area contributed by atoms with Gasteiger partial charge in [-0.1, -0.05) is 48.0 Å². The van der Waals surface area contributed by atoms with Gasteiger partial charge in [0.2, 0.25) is 11.8 Å². The largest absolute Gasteiger partial charge is 0.356 e. The van der Waals surface area contributed by atoms with Crippen molar-refractivity contribution in [3.8, 4) is 0 Å². The van der Waals surface area contributed by atoms with Crippen molar-refractivity contribution in [2.45, 2.75) is 33.1 Å². The van der Waals surface area contributed by atoms with E-state index < -0.39 is 0 Å². The van der Waals surface area contributed by atoms with Crippen LogP contribution in [0.3, 0.4) is 0 Å². The van der Waals surface area contributed by atoms with Crippen LogP contribution in [-0.2, 0) is 16.0 Å². The molecule has 0 aromatic heterocycles. The van der Waals surface area contributed by atoms with Gasteiger partial charge in [0.25, 0.3) is 0 Å². The molecule has 1 aliphatic rings. The molecule has 1 heterocycles. The van der Waals surface area contributed by atoms with Crippen molar-refractivity contribution in [3.05, 3.63) is 65.2 Å². The summed E-state index contributed by atoms with van der Waals surface area (Å²) in [6, 6.07) is 16.3. The number of nitrogens with one attached hydrogen (secondary N) is 1. The van der Waals surface area contributed by atoms with E-state index in [4.69, 9.17) is 0 Å². The van der Waals surface area contributed by atoms with Gasteiger partial charge in [0, 0.05) is 25.2 Å². The van der Waals surface area contributed by atoms with Gasteiger partial charge < -0.3 is 10.2 Å². The van der Waals surface area contributed by atoms with E-state index in [0.717, 1.165) is 24.1 Å². The van der Waals surface area contributed by atoms with Crippen molar-refractivity contribution in [2.24, 2.45) is 5.92 Å². The first-order valence-corrected chi connectivity index (χ1v) is 9.24. The quantitative estimate of drug-likeness (QED) is 0.812. The van der Waals surface area contributed by atoms with Crippen molar-refractivity contribution in [3.63, 3.8) is 0 Å². The monoisotopic (exact) mass is 350 g/mol. The van der Waals surface area contributed by atoms with E-state index in [0.29, 0.717) is 13.1 Å². The average Bonchev–Trinajstić information content (AvgIpc) is 3.01. The van der Waals surface area contributed by atoms with Crippen LogP contribution in [-0.4, -0.2) is 24.9 Å². The summed E-state index contributed by atoms with van der Waals surface area (Å²) < 4.78 is 0. The Balaban J connectivity index is 1.50. The van der Waals surface area contributed by atoms with E-state index in [1.807, 2.05) is 44.2 Å². The van der Waals surface area contributed by atoms with Crippen molar-refractivity contribution >= 4 is 17.5 Å². The lowest BCUT2D eigenvalue weighted by molar-refractivity contribution is -0.126. The predicted molar refractivity (Wildman–Crippen MR) is 104 cm³/mol. The SMILES string of the molecule is Cc1ccc(N2CC(C(=O)NCCCc3ccccc3)CC2=O)c(C)c1. The number of rotatable bonds is 6. The van der Waals surface area contributed by atoms with Gasteiger partial charge in [0.05, 0.1) is 5.92 Å². The molecule has 3 rings (SSSR count). The maximum absolute atomic E-state index is 12.4. The first kappa shape index (κ1) is 18.2. The Labute approximate surface area is 155 Å². The Bertz CT molecular complexity index is 786. The van der Waals surface area contributed by atoms with Crippen LogP contribution in [0.4, 0.5) is 5.69 Å². The van der Waals surface area contributed by atoms with Crippen LogP contribution in [0, 0.1) is 19.8 Å². The lowest BCUT2D eigenvalue weighted by atomic mass is 10.1. The van der Waals surface area contributed by atoms with E-state index in [1.165, 1.54) is 11.1 Å². The summed E-state index contributed by atoms with van der Waals surface area (Å²) in [5.74, 6) is -0.250. The number of benzene rings is 2. The molecular formula is C22H26N2O2. The summed E-state index contributed by atoms with van der Waals surface area (Å²) in [4.78, 5) is 26.6. The number of nitrogens with zero attached hydrogens (tertiary/aromatic N) is 1. The molecule has 1 atom stereocenters. The maximum Gasteiger partial charge on any atom is 0.227 e. The Morgan fingerprint density at radius 1 is 1.15 bits per heavy atom. The molecule has 2 amide bonds. The van der Waals surface area contributed by atoms with Gasteiger partial charge in [-0.2, -0.15) is 0 Å². The third-order valence-electron chi connectivity index (χ3n) is 4.92. The molecule has 0 aliphatic carbocycles. The topological polar surface area (TPSA) is 49.4 Å². The average molecular weight is 350 g/mol. The first-order chi connectivity index (χ1) is 12.5. The Kier molecular flexibility index (Phi) is 5.71. The molecule has 4 nitrogen and oxygen atoms in total. The van der Waals surface area contributed by atoms with E-state index >= 15 is 0 Å². The predicted octanol–water partition coefficient (Wildman–Crippen LogP) is 3.41. The highest BCUT2D eigenvalue weighted by molar-refractivity contribution is 6.00. The second-order valence-corrected chi connectivity index (χ2v) is 7.08. The summed E-state index contributed by atoms with van der Waals surface area (Å²) in [7, 11) is 0. The van der Waals surface area contributed by atoms with Gasteiger partial charge in [-0.25, -0.2) is 0 Å². The zero-order valence-electron chi connectivity index (χ0n) is 15.5. The molecule has 2 aromatic rings. The third kappa shape index (κ3) is 4.31. The third-order valence-corrected chi connectivity index (χ3v) is 4.92. The van der Waals surface area contributed by atoms with Crippen molar-refractivity contribution < 1.29 is 9.59 Å². The number of anilines is 1. The molecule has 1 saturated heterocycles. The summed E-state index contributed by atoms with van der Waals surface area (Å²) in [6.07, 6.45) is 2.13. The van der Waals surface area contributed by atoms with E-state index in [2.05, 4.69) is 23.5 Å². The van der Waals surface area contributed by atoms with Gasteiger partial charge in [-0.05, 0) is 43.9 Å². The fourth-order valence-electron chi connectivity index (χ4n) is 3.52. The minimum Gasteiger partial charge on any atom is -0.356 e. The fourth-order valence-corrected chi connectivity index (χ4v) is 3.52. The summed E-state index contributed by atoms with van der Waals surface area (Å²) in [5, 5.41) is 2.99. The molecule has 1 N–H and O–H groups in total. The minimum absolute atomic E-state index is 0.0151. The van der Waals surface area contributed by atoms with Crippen LogP contribution in [0.1, 0.15) is 29.5 Å². The van der Waals surface area contributed by atoms with E-state index in [1.54, 1.807) is 4.90 Å². The van der Waals surface area contributed by atoms with E-state index in [-0.39, 0.29) is 24.2 Å². The number of carbonyl (C=O) groups is 2. The van der Waals surface area contributed by atoms with Crippen LogP contribution < -0.4 is 10.2 Å². The number of hydrogen-bond donors (Lipinski definition) is 1. The van der Waals surface area contributed by atoms with Crippen LogP contribution in [0.25, 0.3) is 0 Å². The zero-order valence-corrected chi connectivity index (χ0v) is 15.5. The van der Waals surface area contributed by atoms with Crippen LogP contribution in [0.2, 0.25) is 0 Å². The van der Waals surface area contributed by atoms with Crippen LogP contribution in [0.5, 0.6) is 0 Å². The van der Waals surface area contributed by atoms with Gasteiger partial charge in [-0.15, -0.1) is 0 Å². The molecule has 1 unspecified atom stereocenters. The lowest BCUT2D eigenvalue weighted by Gasteiger charge is -2.19. The number of carbonyl (C=O) groups excluding carboxylic acids is 2. The highest BCUT2D eigenvalue weighted by atomic mass is 16.2. The highest BCUT2D eigenvalue weighted by Gasteiger charge is 2.35. The van der Waals surface area contributed by atoms with Crippen LogP contribution >= 0.6 is 0 Å². The number of hydrogen-bond acceptors (Lipinski definition) is 2. The van der Waals surface area contributed by atoms with Crippen molar-refractivity contribution in [1.29, 1.82) is 0 Å². The zero-order chi connectivity index (χ0) is 18.5. The van der Waals surface area contributed by atoms with Gasteiger partial charge in [0.15, 0.2) is 0 Å². The molecule has 0 spiro atoms. The summed E-state index contributed by atoms with van der Waals surface area (Å²) >= 11 is 0. The van der Waals surface area contributed by atoms with Gasteiger partial charge in [-0.3, -0.25) is 9.59 Å². The highest BCUT2D eigenvalue weighted by Crippen LogP contribution is 2.28. The Hall–Kier alpha value is -2.62. The van der Waals surface area contributed by atoms with Crippen molar-refractivity contribution in [2.75, 3.05) is 18.0 Å². The molecule has 4 heteroatoms. The molecule has 136 valence electrons. The lowest BCUT2D eigenvalue weighted by Crippen LogP contribution is -2.33. The van der Waals surface area contributed by atoms with Crippen LogP contribution in [0.15, 0.2) is 48.5 Å². The Morgan fingerprint density at radius 3 is 2.65 bits per heavy atom. The second-order valence-electron chi connectivity index (χ2n) is 7.08. The van der Waals surface area contributed by atoms with Gasteiger partial charge >= 0.3 is 0 Å². The van der Waals surface area contributed by atoms with Gasteiger partial charge in [0.1, 0.15) is 0 Å². The van der Waals surface area contributed by atoms with E-state index in [9.17, 15) is 9.59 Å². The molecule has 0 radical (unpaired) electrons. The summed E-state index contributed by atoms with van der Waals surface area (Å²) in [6.45, 7) is 5.15. The second kappa shape index (κ2) is 8.17. The normalized spacial score (nSPS) is 16.8. The minimum atomic E-state index is -0.264. The molecule has 26 heavy (non-hydrogen) atoms. The molecule has 0 saturated carbocycles. The fraction of sp³-hybridized carbons (Fsp3) is 0.364. The molecule has 1 fully saturated rings. The molecule has 0 bridgehead atoms. The molecule has 1 aliphatic heterocycles. The maximum atomic E-state index is 12.4. The standard InChI is InChI=1S/C22H26N2O2/c1-16-10-11-20(17(2)13-16)24-15-19(14-21(24)25)22(26)23-12-6-9-18-7-4-3-5-8-18/h3-5,7-8,10-11,13,19H,6,9,12,14-15H2,1-2H3,(H,23,26). The Morgan fingerprint density at radius 2 is 1.92 bits per heavy atom. The smallest absolute Gasteiger partial charge is 0.227 e. The molecular weight excluding hydrogens is 324 g/mol.